The number of nitrogens with zero attached hydrogens (tertiary/aromatic N) is 4. The van der Waals surface area contributed by atoms with Crippen molar-refractivity contribution in [3.8, 4) is 11.5 Å². The summed E-state index contributed by atoms with van der Waals surface area (Å²) in [5, 5.41) is 10.1. The molecule has 5 N–H and O–H groups in total. The van der Waals surface area contributed by atoms with Crippen LogP contribution in [0.2, 0.25) is 0 Å². The smallest absolute Gasteiger partial charge is 0.237 e. The van der Waals surface area contributed by atoms with E-state index < -0.39 is 6.04 Å². The second-order valence-electron chi connectivity index (χ2n) is 10.4. The van der Waals surface area contributed by atoms with Crippen molar-refractivity contribution in [3.63, 3.8) is 0 Å². The van der Waals surface area contributed by atoms with E-state index >= 15 is 0 Å². The minimum atomic E-state index is -0.473. The molecule has 0 bridgehead atoms. The topological polar surface area (TPSA) is 131 Å². The summed E-state index contributed by atoms with van der Waals surface area (Å²) in [6, 6.07) is 17.1. The zero-order chi connectivity index (χ0) is 27.9. The normalized spacial score (nSPS) is 22.4. The van der Waals surface area contributed by atoms with E-state index in [0.717, 1.165) is 42.7 Å². The van der Waals surface area contributed by atoms with Crippen molar-refractivity contribution in [1.82, 2.24) is 10.3 Å². The Bertz CT molecular complexity index is 1240. The summed E-state index contributed by atoms with van der Waals surface area (Å²) >= 11 is 0. The highest BCUT2D eigenvalue weighted by molar-refractivity contribution is 6.32. The van der Waals surface area contributed by atoms with Crippen molar-refractivity contribution >= 4 is 24.2 Å². The van der Waals surface area contributed by atoms with Gasteiger partial charge in [0.25, 0.3) is 0 Å². The number of hydrogen-bond donors (Lipinski definition) is 3. The minimum absolute atomic E-state index is 0.0702. The standard InChI is InChI=1S/C30H39N7O2/c1-19(2)18-25(31)30(38)35-21-12-14-22(15-13-21)37-29(34-4)26(28(32)33-3)27(36-37)20-10-16-24(17-11-20)39-23-8-6-5-7-9-23/h5-11,16-17,19,21-22,25H,3,12-15,18,31-32H2,1-2,4H3,(H,35,38)/b28-26-,34-29+/t21-,22+,25-/m1/s1. The molecule has 0 unspecified atom stereocenters. The summed E-state index contributed by atoms with van der Waals surface area (Å²) < 4.78 is 5.94. The molecule has 9 nitrogen and oxygen atoms in total. The number of rotatable bonds is 9. The molecular formula is C30H39N7O2. The van der Waals surface area contributed by atoms with E-state index in [4.69, 9.17) is 21.3 Å². The van der Waals surface area contributed by atoms with Gasteiger partial charge in [-0.05, 0) is 81.1 Å². The molecule has 2 aromatic rings. The Balaban J connectivity index is 1.49. The van der Waals surface area contributed by atoms with Gasteiger partial charge in [-0.15, -0.1) is 0 Å². The number of para-hydroxylation sites is 1. The number of carbonyl (C=O) groups is 1. The number of carbonyl (C=O) groups excluding carboxylic acids is 1. The molecule has 206 valence electrons. The number of nitrogens with two attached hydrogens (primary N) is 2. The van der Waals surface area contributed by atoms with Crippen molar-refractivity contribution in [1.29, 1.82) is 0 Å². The van der Waals surface area contributed by atoms with Crippen LogP contribution in [0.25, 0.3) is 0 Å². The summed E-state index contributed by atoms with van der Waals surface area (Å²) in [5.74, 6) is 2.75. The highest BCUT2D eigenvalue weighted by Crippen LogP contribution is 2.32. The van der Waals surface area contributed by atoms with E-state index in [1.54, 1.807) is 7.05 Å². The Kier molecular flexibility index (Phi) is 9.14. The van der Waals surface area contributed by atoms with Crippen molar-refractivity contribution in [3.05, 3.63) is 71.6 Å². The van der Waals surface area contributed by atoms with Gasteiger partial charge in [-0.1, -0.05) is 32.0 Å². The number of hydrogen-bond acceptors (Lipinski definition) is 7. The third-order valence-corrected chi connectivity index (χ3v) is 7.08. The van der Waals surface area contributed by atoms with E-state index in [1.807, 2.05) is 59.6 Å². The molecule has 0 radical (unpaired) electrons. The second-order valence-corrected chi connectivity index (χ2v) is 10.4. The van der Waals surface area contributed by atoms with Gasteiger partial charge in [0.05, 0.1) is 17.7 Å². The first-order valence-corrected chi connectivity index (χ1v) is 13.5. The predicted molar refractivity (Wildman–Crippen MR) is 157 cm³/mol. The van der Waals surface area contributed by atoms with Gasteiger partial charge in [0.1, 0.15) is 23.0 Å². The molecule has 0 aromatic heterocycles. The number of amidine groups is 1. The molecule has 1 amide bonds. The molecule has 1 heterocycles. The number of amides is 1. The Morgan fingerprint density at radius 2 is 1.74 bits per heavy atom. The Morgan fingerprint density at radius 1 is 1.10 bits per heavy atom. The van der Waals surface area contributed by atoms with Gasteiger partial charge in [0.15, 0.2) is 5.84 Å². The van der Waals surface area contributed by atoms with E-state index in [0.29, 0.717) is 29.5 Å². The molecule has 2 aliphatic rings. The molecule has 1 aliphatic carbocycles. The van der Waals surface area contributed by atoms with Gasteiger partial charge in [-0.2, -0.15) is 5.10 Å². The highest BCUT2D eigenvalue weighted by Gasteiger charge is 2.37. The molecular weight excluding hydrogens is 490 g/mol. The van der Waals surface area contributed by atoms with Crippen LogP contribution in [-0.4, -0.2) is 54.4 Å². The Morgan fingerprint density at radius 3 is 2.33 bits per heavy atom. The van der Waals surface area contributed by atoms with Gasteiger partial charge < -0.3 is 21.5 Å². The molecule has 1 aliphatic heterocycles. The lowest BCUT2D eigenvalue weighted by Crippen LogP contribution is -2.48. The van der Waals surface area contributed by atoms with Crippen LogP contribution in [0, 0.1) is 5.92 Å². The van der Waals surface area contributed by atoms with Crippen LogP contribution in [0.15, 0.2) is 81.1 Å². The summed E-state index contributed by atoms with van der Waals surface area (Å²) in [5.41, 5.74) is 14.6. The maximum Gasteiger partial charge on any atom is 0.237 e. The SMILES string of the molecule is C=N/C(N)=C1/C(c2ccc(Oc3ccccc3)cc2)=NN([C@H]2CC[C@@H](NC(=O)[C@H](N)CC(C)C)CC2)/C1=N/C. The van der Waals surface area contributed by atoms with Gasteiger partial charge in [-0.25, -0.2) is 10.0 Å². The fraction of sp³-hybridized carbons (Fsp3) is 0.400. The van der Waals surface area contributed by atoms with Crippen molar-refractivity contribution in [2.75, 3.05) is 7.05 Å². The lowest BCUT2D eigenvalue weighted by molar-refractivity contribution is -0.123. The number of benzene rings is 2. The van der Waals surface area contributed by atoms with Crippen LogP contribution in [-0.2, 0) is 4.79 Å². The fourth-order valence-electron chi connectivity index (χ4n) is 5.10. The Hall–Kier alpha value is -3.98. The van der Waals surface area contributed by atoms with Gasteiger partial charge >= 0.3 is 0 Å². The zero-order valence-electron chi connectivity index (χ0n) is 23.0. The lowest BCUT2D eigenvalue weighted by Gasteiger charge is -2.34. The number of ether oxygens (including phenoxy) is 1. The first kappa shape index (κ1) is 28.0. The number of hydrazone groups is 1. The highest BCUT2D eigenvalue weighted by atomic mass is 16.5. The molecule has 2 aromatic carbocycles. The minimum Gasteiger partial charge on any atom is -0.457 e. The summed E-state index contributed by atoms with van der Waals surface area (Å²) in [6.07, 6.45) is 4.04. The van der Waals surface area contributed by atoms with E-state index in [9.17, 15) is 4.79 Å². The van der Waals surface area contributed by atoms with Crippen molar-refractivity contribution < 1.29 is 9.53 Å². The summed E-state index contributed by atoms with van der Waals surface area (Å²) in [6.45, 7) is 7.78. The largest absolute Gasteiger partial charge is 0.457 e. The maximum absolute atomic E-state index is 12.5. The van der Waals surface area contributed by atoms with Crippen LogP contribution >= 0.6 is 0 Å². The molecule has 9 heteroatoms. The van der Waals surface area contributed by atoms with E-state index in [-0.39, 0.29) is 23.8 Å². The Labute approximate surface area is 230 Å². The molecule has 39 heavy (non-hydrogen) atoms. The summed E-state index contributed by atoms with van der Waals surface area (Å²) in [7, 11) is 1.73. The van der Waals surface area contributed by atoms with Gasteiger partial charge in [-0.3, -0.25) is 9.79 Å². The number of nitrogens with one attached hydrogen (secondary N) is 1. The van der Waals surface area contributed by atoms with Crippen LogP contribution in [0.4, 0.5) is 0 Å². The van der Waals surface area contributed by atoms with Crippen LogP contribution in [0.5, 0.6) is 11.5 Å². The molecule has 1 atom stereocenters. The van der Waals surface area contributed by atoms with Crippen molar-refractivity contribution in [2.24, 2.45) is 32.5 Å². The quantitative estimate of drug-likeness (QED) is 0.419. The van der Waals surface area contributed by atoms with Gasteiger partial charge in [0, 0.05) is 18.7 Å². The molecule has 1 saturated carbocycles. The van der Waals surface area contributed by atoms with Crippen LogP contribution in [0.3, 0.4) is 0 Å². The molecule has 1 fully saturated rings. The first-order valence-electron chi connectivity index (χ1n) is 13.5. The van der Waals surface area contributed by atoms with E-state index in [2.05, 4.69) is 35.9 Å². The molecule has 0 spiro atoms. The predicted octanol–water partition coefficient (Wildman–Crippen LogP) is 4.20. The second kappa shape index (κ2) is 12.7. The zero-order valence-corrected chi connectivity index (χ0v) is 23.0. The third-order valence-electron chi connectivity index (χ3n) is 7.08. The first-order chi connectivity index (χ1) is 18.8. The van der Waals surface area contributed by atoms with E-state index in [1.165, 1.54) is 0 Å². The summed E-state index contributed by atoms with van der Waals surface area (Å²) in [4.78, 5) is 21.1. The van der Waals surface area contributed by atoms with Gasteiger partial charge in [0.2, 0.25) is 5.91 Å². The van der Waals surface area contributed by atoms with Crippen LogP contribution in [0.1, 0.15) is 51.5 Å². The molecule has 0 saturated heterocycles. The fourth-order valence-corrected chi connectivity index (χ4v) is 5.10. The monoisotopic (exact) mass is 529 g/mol. The third kappa shape index (κ3) is 6.72. The van der Waals surface area contributed by atoms with Crippen molar-refractivity contribution in [2.45, 2.75) is 64.1 Å². The molecule has 4 rings (SSSR count). The lowest BCUT2D eigenvalue weighted by atomic mass is 9.90. The average Bonchev–Trinajstić information content (AvgIpc) is 3.33. The maximum atomic E-state index is 12.5. The number of aliphatic imine (C=N–C) groups is 2. The average molecular weight is 530 g/mol. The van der Waals surface area contributed by atoms with Crippen LogP contribution < -0.4 is 21.5 Å².